The molecule has 190 valence electrons. The van der Waals surface area contributed by atoms with Gasteiger partial charge in [-0.3, -0.25) is 14.4 Å². The number of benzene rings is 3. The van der Waals surface area contributed by atoms with Crippen LogP contribution in [0.2, 0.25) is 0 Å². The van der Waals surface area contributed by atoms with Crippen LogP contribution in [0.5, 0.6) is 11.5 Å². The summed E-state index contributed by atoms with van der Waals surface area (Å²) >= 11 is 1.14. The van der Waals surface area contributed by atoms with Crippen molar-refractivity contribution >= 4 is 34.1 Å². The number of aromatic nitrogens is 1. The normalized spacial score (nSPS) is 14.6. The summed E-state index contributed by atoms with van der Waals surface area (Å²) in [7, 11) is 1.55. The summed E-state index contributed by atoms with van der Waals surface area (Å²) < 4.78 is 10.9. The average Bonchev–Trinajstić information content (AvgIpc) is 3.46. The number of hydrogen-bond donors (Lipinski definition) is 2. The lowest BCUT2D eigenvalue weighted by Crippen LogP contribution is -2.27. The van der Waals surface area contributed by atoms with E-state index in [-0.39, 0.29) is 24.4 Å². The Labute approximate surface area is 222 Å². The van der Waals surface area contributed by atoms with E-state index in [9.17, 15) is 14.4 Å². The Balaban J connectivity index is 1.31. The molecule has 1 saturated carbocycles. The molecule has 2 amide bonds. The second-order valence-electron chi connectivity index (χ2n) is 9.15. The molecule has 0 unspecified atom stereocenters. The summed E-state index contributed by atoms with van der Waals surface area (Å²) in [6, 6.07) is 21.4. The molecule has 0 radical (unpaired) electrons. The fraction of sp³-hybridized carbons (Fsp3) is 0.172. The second-order valence-corrected chi connectivity index (χ2v) is 10.2. The van der Waals surface area contributed by atoms with Crippen LogP contribution in [0.15, 0.2) is 72.8 Å². The molecular weight excluding hydrogens is 502 g/mol. The quantitative estimate of drug-likeness (QED) is 0.336. The molecule has 8 nitrogen and oxygen atoms in total. The van der Waals surface area contributed by atoms with Crippen molar-refractivity contribution in [3.8, 4) is 22.8 Å². The minimum atomic E-state index is -0.667. The molecule has 0 atom stereocenters. The van der Waals surface area contributed by atoms with Gasteiger partial charge in [-0.05, 0) is 42.7 Å². The Kier molecular flexibility index (Phi) is 5.92. The van der Waals surface area contributed by atoms with E-state index in [2.05, 4.69) is 15.6 Å². The van der Waals surface area contributed by atoms with E-state index < -0.39 is 5.41 Å². The van der Waals surface area contributed by atoms with Crippen molar-refractivity contribution in [1.82, 2.24) is 10.3 Å². The lowest BCUT2D eigenvalue weighted by Gasteiger charge is -2.15. The number of carbonyl (C=O) groups excluding carboxylic acids is 3. The molecule has 4 aromatic rings. The largest absolute Gasteiger partial charge is 0.454 e. The number of fused-ring (bicyclic) bond motifs is 1. The standard InChI is InChI=1S/C29H23N3O5S/c1-30-26(34)19-9-7-18(8-10-19)24(33)25-23(17-5-3-2-4-6-17)31-28(38-25)32-27(35)29(13-14-29)20-11-12-21-22(15-20)37-16-36-21/h2-12,15H,13-14,16H2,1H3,(H,30,34)(H,31,32,35). The first kappa shape index (κ1) is 23.9. The summed E-state index contributed by atoms with van der Waals surface area (Å²) in [4.78, 5) is 44.0. The highest BCUT2D eigenvalue weighted by Crippen LogP contribution is 2.51. The van der Waals surface area contributed by atoms with Crippen LogP contribution in [-0.2, 0) is 10.2 Å². The van der Waals surface area contributed by atoms with Gasteiger partial charge in [-0.2, -0.15) is 0 Å². The fourth-order valence-electron chi connectivity index (χ4n) is 4.55. The molecule has 3 aromatic carbocycles. The van der Waals surface area contributed by atoms with Crippen LogP contribution in [0.3, 0.4) is 0 Å². The second kappa shape index (κ2) is 9.42. The molecule has 2 N–H and O–H groups in total. The van der Waals surface area contributed by atoms with Crippen LogP contribution in [0, 0.1) is 0 Å². The number of hydrogen-bond acceptors (Lipinski definition) is 7. The van der Waals surface area contributed by atoms with E-state index in [1.165, 1.54) is 0 Å². The molecule has 0 bridgehead atoms. The van der Waals surface area contributed by atoms with Crippen molar-refractivity contribution in [3.05, 3.63) is 94.4 Å². The number of nitrogens with one attached hydrogen (secondary N) is 2. The lowest BCUT2D eigenvalue weighted by atomic mass is 9.94. The zero-order chi connectivity index (χ0) is 26.3. The van der Waals surface area contributed by atoms with E-state index in [4.69, 9.17) is 9.47 Å². The number of ketones is 1. The van der Waals surface area contributed by atoms with E-state index in [1.807, 2.05) is 48.5 Å². The smallest absolute Gasteiger partial charge is 0.251 e. The molecule has 0 saturated heterocycles. The first-order chi connectivity index (χ1) is 18.5. The summed E-state index contributed by atoms with van der Waals surface area (Å²) in [5.41, 5.74) is 2.36. The number of ether oxygens (including phenoxy) is 2. The lowest BCUT2D eigenvalue weighted by molar-refractivity contribution is -0.118. The SMILES string of the molecule is CNC(=O)c1ccc(C(=O)c2sc(NC(=O)C3(c4ccc5c(c4)OCO5)CC3)nc2-c2ccccc2)cc1. The highest BCUT2D eigenvalue weighted by Gasteiger charge is 2.52. The van der Waals surface area contributed by atoms with Crippen LogP contribution < -0.4 is 20.1 Å². The van der Waals surface area contributed by atoms with Crippen LogP contribution in [-0.4, -0.2) is 36.4 Å². The Morgan fingerprint density at radius 3 is 2.32 bits per heavy atom. The van der Waals surface area contributed by atoms with Crippen molar-refractivity contribution in [1.29, 1.82) is 0 Å². The molecule has 9 heteroatoms. The number of amides is 2. The van der Waals surface area contributed by atoms with Gasteiger partial charge in [-0.15, -0.1) is 0 Å². The number of thiazole rings is 1. The van der Waals surface area contributed by atoms with Gasteiger partial charge >= 0.3 is 0 Å². The van der Waals surface area contributed by atoms with Crippen LogP contribution in [0.4, 0.5) is 5.13 Å². The Hall–Kier alpha value is -4.50. The monoisotopic (exact) mass is 525 g/mol. The van der Waals surface area contributed by atoms with Gasteiger partial charge in [-0.1, -0.05) is 59.9 Å². The van der Waals surface area contributed by atoms with Crippen LogP contribution >= 0.6 is 11.3 Å². The topological polar surface area (TPSA) is 107 Å². The van der Waals surface area contributed by atoms with Crippen molar-refractivity contribution in [2.75, 3.05) is 19.2 Å². The zero-order valence-corrected chi connectivity index (χ0v) is 21.3. The first-order valence-corrected chi connectivity index (χ1v) is 12.9. The predicted octanol–water partition coefficient (Wildman–Crippen LogP) is 4.80. The van der Waals surface area contributed by atoms with Crippen LogP contribution in [0.1, 0.15) is 44.0 Å². The number of rotatable bonds is 7. The van der Waals surface area contributed by atoms with Crippen molar-refractivity contribution in [3.63, 3.8) is 0 Å². The third kappa shape index (κ3) is 4.20. The average molecular weight is 526 g/mol. The minimum absolute atomic E-state index is 0.168. The molecule has 1 aromatic heterocycles. The van der Waals surface area contributed by atoms with E-state index in [0.717, 1.165) is 22.5 Å². The van der Waals surface area contributed by atoms with Gasteiger partial charge in [0.15, 0.2) is 16.6 Å². The highest BCUT2D eigenvalue weighted by molar-refractivity contribution is 7.18. The van der Waals surface area contributed by atoms with Gasteiger partial charge in [0.25, 0.3) is 5.91 Å². The van der Waals surface area contributed by atoms with Gasteiger partial charge in [0, 0.05) is 23.7 Å². The fourth-order valence-corrected chi connectivity index (χ4v) is 5.50. The van der Waals surface area contributed by atoms with Gasteiger partial charge in [0.2, 0.25) is 18.5 Å². The summed E-state index contributed by atoms with van der Waals surface area (Å²) in [5, 5.41) is 5.89. The van der Waals surface area contributed by atoms with Crippen molar-refractivity contribution in [2.45, 2.75) is 18.3 Å². The Bertz CT molecular complexity index is 1560. The molecule has 1 fully saturated rings. The van der Waals surface area contributed by atoms with Gasteiger partial charge in [0.1, 0.15) is 4.88 Å². The summed E-state index contributed by atoms with van der Waals surface area (Å²) in [5.74, 6) is 0.676. The predicted molar refractivity (Wildman–Crippen MR) is 143 cm³/mol. The van der Waals surface area contributed by atoms with E-state index in [0.29, 0.717) is 51.2 Å². The number of anilines is 1. The maximum atomic E-state index is 13.6. The zero-order valence-electron chi connectivity index (χ0n) is 20.4. The Morgan fingerprint density at radius 1 is 0.895 bits per heavy atom. The molecule has 0 spiro atoms. The molecule has 1 aliphatic heterocycles. The van der Waals surface area contributed by atoms with Crippen molar-refractivity contribution in [2.24, 2.45) is 0 Å². The van der Waals surface area contributed by atoms with Gasteiger partial charge in [-0.25, -0.2) is 4.98 Å². The maximum absolute atomic E-state index is 13.6. The van der Waals surface area contributed by atoms with Gasteiger partial charge in [0.05, 0.1) is 11.1 Å². The third-order valence-corrected chi connectivity index (χ3v) is 7.82. The Morgan fingerprint density at radius 2 is 1.61 bits per heavy atom. The molecule has 2 aliphatic rings. The maximum Gasteiger partial charge on any atom is 0.251 e. The van der Waals surface area contributed by atoms with Crippen LogP contribution in [0.25, 0.3) is 11.3 Å². The highest BCUT2D eigenvalue weighted by atomic mass is 32.1. The number of carbonyl (C=O) groups is 3. The van der Waals surface area contributed by atoms with E-state index >= 15 is 0 Å². The van der Waals surface area contributed by atoms with E-state index in [1.54, 1.807) is 31.3 Å². The molecule has 2 heterocycles. The molecule has 38 heavy (non-hydrogen) atoms. The van der Waals surface area contributed by atoms with Gasteiger partial charge < -0.3 is 20.1 Å². The first-order valence-electron chi connectivity index (χ1n) is 12.1. The molecular formula is C29H23N3O5S. The minimum Gasteiger partial charge on any atom is -0.454 e. The molecule has 1 aliphatic carbocycles. The summed E-state index contributed by atoms with van der Waals surface area (Å²) in [6.45, 7) is 0.171. The van der Waals surface area contributed by atoms with Crippen molar-refractivity contribution < 1.29 is 23.9 Å². The number of nitrogens with zero attached hydrogens (tertiary/aromatic N) is 1. The summed E-state index contributed by atoms with van der Waals surface area (Å²) in [6.07, 6.45) is 1.41. The third-order valence-electron chi connectivity index (χ3n) is 6.85. The molecule has 6 rings (SSSR count).